The van der Waals surface area contributed by atoms with Crippen molar-refractivity contribution in [1.29, 1.82) is 0 Å². The summed E-state index contributed by atoms with van der Waals surface area (Å²) in [5.41, 5.74) is 7.27. The third-order valence-corrected chi connectivity index (χ3v) is 6.39. The number of rotatable bonds is 6. The van der Waals surface area contributed by atoms with Gasteiger partial charge in [0.05, 0.1) is 11.0 Å². The molecule has 33 heavy (non-hydrogen) atoms. The molecule has 170 valence electrons. The maximum Gasteiger partial charge on any atom is 0.416 e. The summed E-state index contributed by atoms with van der Waals surface area (Å²) in [5, 5.41) is 0. The van der Waals surface area contributed by atoms with Crippen molar-refractivity contribution in [2.45, 2.75) is 37.4 Å². The lowest BCUT2D eigenvalue weighted by molar-refractivity contribution is -0.137. The van der Waals surface area contributed by atoms with Gasteiger partial charge in [-0.15, -0.1) is 0 Å². The fraction of sp³-hybridized carbons (Fsp3) is 0.269. The Labute approximate surface area is 189 Å². The van der Waals surface area contributed by atoms with Crippen LogP contribution in [-0.2, 0) is 29.4 Å². The smallest absolute Gasteiger partial charge is 0.416 e. The van der Waals surface area contributed by atoms with E-state index in [1.165, 1.54) is 0 Å². The molecule has 3 aromatic carbocycles. The molecule has 7 heteroatoms. The molecule has 0 amide bonds. The highest BCUT2D eigenvalue weighted by atomic mass is 19.4. The van der Waals surface area contributed by atoms with Crippen LogP contribution in [0.2, 0.25) is 0 Å². The average molecular weight is 453 g/mol. The number of fused-ring (bicyclic) bond motifs is 1. The van der Waals surface area contributed by atoms with Crippen molar-refractivity contribution >= 4 is 5.78 Å². The van der Waals surface area contributed by atoms with Gasteiger partial charge >= 0.3 is 6.18 Å². The van der Waals surface area contributed by atoms with E-state index >= 15 is 0 Å². The van der Waals surface area contributed by atoms with Crippen molar-refractivity contribution in [3.05, 3.63) is 82.9 Å². The summed E-state index contributed by atoms with van der Waals surface area (Å²) in [6.07, 6.45) is -3.28. The summed E-state index contributed by atoms with van der Waals surface area (Å²) in [7, 11) is 0. The first-order valence-corrected chi connectivity index (χ1v) is 10.7. The number of ether oxygens (including phenoxy) is 2. The lowest BCUT2D eigenvalue weighted by Crippen LogP contribution is -2.22. The zero-order chi connectivity index (χ0) is 23.2. The van der Waals surface area contributed by atoms with Crippen LogP contribution in [0.25, 0.3) is 11.1 Å². The van der Waals surface area contributed by atoms with Crippen molar-refractivity contribution in [2.75, 3.05) is 6.79 Å². The molecule has 0 atom stereocenters. The molecule has 1 aliphatic heterocycles. The largest absolute Gasteiger partial charge is 0.454 e. The Morgan fingerprint density at radius 1 is 0.909 bits per heavy atom. The number of Topliss-reactive ketones (excluding diaryl/α,β-unsaturated/α-hetero) is 1. The van der Waals surface area contributed by atoms with E-state index in [1.807, 2.05) is 18.2 Å². The molecule has 1 saturated carbocycles. The second-order valence-corrected chi connectivity index (χ2v) is 8.57. The summed E-state index contributed by atoms with van der Waals surface area (Å²) in [4.78, 5) is 13.3. The SMILES string of the molecule is NCc1cccc(-c2cc(CC(=O)C3(c4ccc5c(c4)OCO5)CC3)cc(C(F)(F)F)c2)c1. The van der Waals surface area contributed by atoms with E-state index < -0.39 is 17.2 Å². The minimum absolute atomic E-state index is 0.0814. The minimum atomic E-state index is -4.52. The molecule has 1 aliphatic carbocycles. The quantitative estimate of drug-likeness (QED) is 0.543. The third kappa shape index (κ3) is 4.09. The molecular formula is C26H22F3NO3. The fourth-order valence-electron chi connectivity index (χ4n) is 4.40. The molecule has 5 rings (SSSR count). The van der Waals surface area contributed by atoms with Gasteiger partial charge in [-0.05, 0) is 71.0 Å². The zero-order valence-electron chi connectivity index (χ0n) is 17.7. The molecule has 4 nitrogen and oxygen atoms in total. The van der Waals surface area contributed by atoms with Crippen LogP contribution < -0.4 is 15.2 Å². The van der Waals surface area contributed by atoms with E-state index in [0.29, 0.717) is 41.0 Å². The summed E-state index contributed by atoms with van der Waals surface area (Å²) in [6, 6.07) is 16.4. The highest BCUT2D eigenvalue weighted by Gasteiger charge is 2.51. The van der Waals surface area contributed by atoms with Crippen molar-refractivity contribution < 1.29 is 27.4 Å². The number of nitrogens with two attached hydrogens (primary N) is 1. The maximum absolute atomic E-state index is 13.7. The van der Waals surface area contributed by atoms with Crippen LogP contribution in [0.15, 0.2) is 60.7 Å². The first-order chi connectivity index (χ1) is 15.8. The van der Waals surface area contributed by atoms with Crippen LogP contribution in [0.4, 0.5) is 13.2 Å². The van der Waals surface area contributed by atoms with E-state index in [2.05, 4.69) is 0 Å². The van der Waals surface area contributed by atoms with Gasteiger partial charge in [0.25, 0.3) is 0 Å². The van der Waals surface area contributed by atoms with Gasteiger partial charge in [0.15, 0.2) is 11.5 Å². The number of hydrogen-bond donors (Lipinski definition) is 1. The Balaban J connectivity index is 1.48. The van der Waals surface area contributed by atoms with Crippen molar-refractivity contribution in [3.8, 4) is 22.6 Å². The molecule has 2 N–H and O–H groups in total. The van der Waals surface area contributed by atoms with Crippen LogP contribution in [0, 0.1) is 0 Å². The van der Waals surface area contributed by atoms with Gasteiger partial charge in [0, 0.05) is 13.0 Å². The molecule has 0 saturated heterocycles. The van der Waals surface area contributed by atoms with Gasteiger partial charge in [0.2, 0.25) is 6.79 Å². The lowest BCUT2D eigenvalue weighted by Gasteiger charge is -2.17. The number of hydrogen-bond acceptors (Lipinski definition) is 4. The molecule has 0 aromatic heterocycles. The minimum Gasteiger partial charge on any atom is -0.454 e. The standard InChI is InChI=1S/C26H22F3NO3/c27-26(28,29)21-10-17(9-19(12-21)18-3-1-2-16(8-18)14-30)11-24(31)25(6-7-25)20-4-5-22-23(13-20)33-15-32-22/h1-5,8-10,12-13H,6-7,11,14-15,30H2. The normalized spacial score (nSPS) is 16.0. The first kappa shape index (κ1) is 21.5. The van der Waals surface area contributed by atoms with Crippen LogP contribution >= 0.6 is 0 Å². The van der Waals surface area contributed by atoms with E-state index in [0.717, 1.165) is 23.3 Å². The van der Waals surface area contributed by atoms with Crippen LogP contribution in [0.1, 0.15) is 35.1 Å². The van der Waals surface area contributed by atoms with Crippen LogP contribution in [0.5, 0.6) is 11.5 Å². The molecule has 0 bridgehead atoms. The molecular weight excluding hydrogens is 431 g/mol. The van der Waals surface area contributed by atoms with Gasteiger partial charge in [-0.2, -0.15) is 13.2 Å². The topological polar surface area (TPSA) is 61.6 Å². The molecule has 0 unspecified atom stereocenters. The fourth-order valence-corrected chi connectivity index (χ4v) is 4.40. The van der Waals surface area contributed by atoms with Gasteiger partial charge in [-0.1, -0.05) is 30.3 Å². The van der Waals surface area contributed by atoms with Gasteiger partial charge in [-0.25, -0.2) is 0 Å². The van der Waals surface area contributed by atoms with Crippen LogP contribution in [-0.4, -0.2) is 12.6 Å². The summed E-state index contributed by atoms with van der Waals surface area (Å²) >= 11 is 0. The summed E-state index contributed by atoms with van der Waals surface area (Å²) in [6.45, 7) is 0.425. The predicted molar refractivity (Wildman–Crippen MR) is 117 cm³/mol. The lowest BCUT2D eigenvalue weighted by atomic mass is 9.86. The molecule has 0 spiro atoms. The van der Waals surface area contributed by atoms with Gasteiger partial charge < -0.3 is 15.2 Å². The zero-order valence-corrected chi connectivity index (χ0v) is 17.7. The summed E-state index contributed by atoms with van der Waals surface area (Å²) in [5.74, 6) is 1.12. The number of carbonyl (C=O) groups excluding carboxylic acids is 1. The Morgan fingerprint density at radius 3 is 2.39 bits per heavy atom. The number of carbonyl (C=O) groups is 1. The van der Waals surface area contributed by atoms with Gasteiger partial charge in [-0.3, -0.25) is 4.79 Å². The van der Waals surface area contributed by atoms with E-state index in [-0.39, 0.29) is 25.5 Å². The first-order valence-electron chi connectivity index (χ1n) is 10.7. The maximum atomic E-state index is 13.7. The number of ketones is 1. The Morgan fingerprint density at radius 2 is 1.67 bits per heavy atom. The van der Waals surface area contributed by atoms with E-state index in [1.54, 1.807) is 30.3 Å². The Hall–Kier alpha value is -3.32. The van der Waals surface area contributed by atoms with Crippen molar-refractivity contribution in [2.24, 2.45) is 5.73 Å². The molecule has 1 fully saturated rings. The number of halogens is 3. The van der Waals surface area contributed by atoms with Crippen molar-refractivity contribution in [3.63, 3.8) is 0 Å². The van der Waals surface area contributed by atoms with Gasteiger partial charge in [0.1, 0.15) is 5.78 Å². The second kappa shape index (κ2) is 7.92. The molecule has 0 radical (unpaired) electrons. The molecule has 1 heterocycles. The Bertz CT molecular complexity index is 1230. The predicted octanol–water partition coefficient (Wildman–Crippen LogP) is 5.40. The van der Waals surface area contributed by atoms with E-state index in [4.69, 9.17) is 15.2 Å². The number of alkyl halides is 3. The molecule has 3 aromatic rings. The highest BCUT2D eigenvalue weighted by Crippen LogP contribution is 2.51. The average Bonchev–Trinajstić information content (AvgIpc) is 3.49. The Kier molecular flexibility index (Phi) is 5.16. The summed E-state index contributed by atoms with van der Waals surface area (Å²) < 4.78 is 51.7. The second-order valence-electron chi connectivity index (χ2n) is 8.57. The monoisotopic (exact) mass is 453 g/mol. The van der Waals surface area contributed by atoms with Crippen LogP contribution in [0.3, 0.4) is 0 Å². The third-order valence-electron chi connectivity index (χ3n) is 6.39. The number of benzene rings is 3. The van der Waals surface area contributed by atoms with E-state index in [9.17, 15) is 18.0 Å². The highest BCUT2D eigenvalue weighted by molar-refractivity contribution is 5.95. The van der Waals surface area contributed by atoms with Crippen molar-refractivity contribution in [1.82, 2.24) is 0 Å². The molecule has 2 aliphatic rings.